The Morgan fingerprint density at radius 2 is 2.09 bits per heavy atom. The molecule has 0 radical (unpaired) electrons. The molecule has 3 aromatic rings. The largest absolute Gasteiger partial charge is 0.497 e. The number of aryl methyl sites for hydroxylation is 1. The van der Waals surface area contributed by atoms with Crippen LogP contribution in [-0.2, 0) is 11.3 Å². The van der Waals surface area contributed by atoms with Crippen LogP contribution in [0.3, 0.4) is 0 Å². The van der Waals surface area contributed by atoms with Gasteiger partial charge in [-0.05, 0) is 38.3 Å². The Balaban J connectivity index is 1.52. The quantitative estimate of drug-likeness (QED) is 0.378. The molecule has 0 saturated heterocycles. The number of hydrogen-bond donors (Lipinski definition) is 2. The molecule has 0 unspecified atom stereocenters. The van der Waals surface area contributed by atoms with E-state index in [4.69, 9.17) is 9.26 Å². The molecule has 1 fully saturated rings. The van der Waals surface area contributed by atoms with Gasteiger partial charge in [-0.25, -0.2) is 0 Å². The van der Waals surface area contributed by atoms with Crippen molar-refractivity contribution < 1.29 is 14.1 Å². The van der Waals surface area contributed by atoms with Gasteiger partial charge in [0, 0.05) is 23.9 Å². The number of aromatic nitrogens is 4. The molecule has 182 valence electrons. The van der Waals surface area contributed by atoms with E-state index in [1.807, 2.05) is 31.2 Å². The van der Waals surface area contributed by atoms with E-state index < -0.39 is 0 Å². The van der Waals surface area contributed by atoms with Crippen molar-refractivity contribution in [2.24, 2.45) is 0 Å². The third kappa shape index (κ3) is 5.91. The fourth-order valence-electron chi connectivity index (χ4n) is 4.21. The summed E-state index contributed by atoms with van der Waals surface area (Å²) in [5.41, 5.74) is 0.959. The normalized spacial score (nSPS) is 15.1. The van der Waals surface area contributed by atoms with Gasteiger partial charge < -0.3 is 24.5 Å². The Bertz CT molecular complexity index is 1090. The number of carbonyl (C=O) groups is 1. The summed E-state index contributed by atoms with van der Waals surface area (Å²) in [7, 11) is 1.66. The van der Waals surface area contributed by atoms with Crippen LogP contribution in [0.15, 0.2) is 40.0 Å². The highest BCUT2D eigenvalue weighted by Gasteiger charge is 2.27. The number of thioether (sulfide) groups is 1. The lowest BCUT2D eigenvalue weighted by Crippen LogP contribution is -2.26. The minimum atomic E-state index is -0.317. The third-order valence-electron chi connectivity index (χ3n) is 5.99. The number of amides is 1. The van der Waals surface area contributed by atoms with E-state index in [-0.39, 0.29) is 11.2 Å². The highest BCUT2D eigenvalue weighted by Crippen LogP contribution is 2.35. The maximum Gasteiger partial charge on any atom is 0.239 e. The van der Waals surface area contributed by atoms with Crippen LogP contribution in [0.4, 0.5) is 11.5 Å². The molecular formula is C24H32N6O3S. The number of anilines is 2. The molecule has 1 aliphatic rings. The first-order chi connectivity index (χ1) is 16.6. The third-order valence-corrected chi connectivity index (χ3v) is 7.31. The van der Waals surface area contributed by atoms with Crippen LogP contribution in [0.5, 0.6) is 5.75 Å². The number of nitrogens with one attached hydrogen (secondary N) is 2. The van der Waals surface area contributed by atoms with Gasteiger partial charge in [-0.2, -0.15) is 0 Å². The molecule has 10 heteroatoms. The second-order valence-corrected chi connectivity index (χ2v) is 9.64. The molecule has 34 heavy (non-hydrogen) atoms. The van der Waals surface area contributed by atoms with Crippen molar-refractivity contribution in [3.8, 4) is 5.75 Å². The van der Waals surface area contributed by atoms with Crippen LogP contribution >= 0.6 is 11.8 Å². The lowest BCUT2D eigenvalue weighted by molar-refractivity contribution is -0.115. The standard InChI is InChI=1S/C24H32N6O3S/c1-4-20(23(31)26-21-13-16(2)33-29-21)34-24-28-27-22(30(24)18-10-6-5-7-11-18)15-25-17-9-8-12-19(14-17)32-3/h8-9,12-14,18,20,25H,4-7,10-11,15H2,1-3H3,(H,26,29,31)/t20-/m0/s1. The maximum absolute atomic E-state index is 12.9. The van der Waals surface area contributed by atoms with E-state index in [0.29, 0.717) is 30.6 Å². The van der Waals surface area contributed by atoms with E-state index >= 15 is 0 Å². The molecule has 4 rings (SSSR count). The van der Waals surface area contributed by atoms with Crippen molar-refractivity contribution in [2.75, 3.05) is 17.7 Å². The molecule has 1 saturated carbocycles. The molecule has 0 bridgehead atoms. The van der Waals surface area contributed by atoms with E-state index in [1.165, 1.54) is 31.0 Å². The van der Waals surface area contributed by atoms with Crippen LogP contribution in [0.25, 0.3) is 0 Å². The molecule has 9 nitrogen and oxygen atoms in total. The molecule has 1 aromatic carbocycles. The van der Waals surface area contributed by atoms with Gasteiger partial charge in [0.25, 0.3) is 0 Å². The summed E-state index contributed by atoms with van der Waals surface area (Å²) in [6.45, 7) is 4.33. The maximum atomic E-state index is 12.9. The van der Waals surface area contributed by atoms with Crippen molar-refractivity contribution >= 4 is 29.2 Å². The molecule has 1 aliphatic carbocycles. The van der Waals surface area contributed by atoms with Crippen molar-refractivity contribution in [3.63, 3.8) is 0 Å². The first kappa shape index (κ1) is 24.1. The minimum Gasteiger partial charge on any atom is -0.497 e. The van der Waals surface area contributed by atoms with Crippen molar-refractivity contribution in [2.45, 2.75) is 75.4 Å². The zero-order chi connectivity index (χ0) is 23.9. The number of nitrogens with zero attached hydrogens (tertiary/aromatic N) is 4. The summed E-state index contributed by atoms with van der Waals surface area (Å²) in [6, 6.07) is 9.88. The predicted molar refractivity (Wildman–Crippen MR) is 132 cm³/mol. The summed E-state index contributed by atoms with van der Waals surface area (Å²) >= 11 is 1.46. The molecule has 1 atom stereocenters. The van der Waals surface area contributed by atoms with Gasteiger partial charge >= 0.3 is 0 Å². The second-order valence-electron chi connectivity index (χ2n) is 8.47. The van der Waals surface area contributed by atoms with Gasteiger partial charge in [0.05, 0.1) is 18.9 Å². The number of ether oxygens (including phenoxy) is 1. The van der Waals surface area contributed by atoms with Gasteiger partial charge in [0.2, 0.25) is 5.91 Å². The summed E-state index contributed by atoms with van der Waals surface area (Å²) in [6.07, 6.45) is 6.49. The topological polar surface area (TPSA) is 107 Å². The fourth-order valence-corrected chi connectivity index (χ4v) is 5.25. The van der Waals surface area contributed by atoms with Crippen molar-refractivity contribution in [3.05, 3.63) is 41.9 Å². The highest BCUT2D eigenvalue weighted by atomic mass is 32.2. The highest BCUT2D eigenvalue weighted by molar-refractivity contribution is 8.00. The smallest absolute Gasteiger partial charge is 0.239 e. The lowest BCUT2D eigenvalue weighted by Gasteiger charge is -2.26. The van der Waals surface area contributed by atoms with E-state index in [0.717, 1.165) is 35.3 Å². The molecule has 1 amide bonds. The Labute approximate surface area is 204 Å². The van der Waals surface area contributed by atoms with Crippen LogP contribution in [0, 0.1) is 6.92 Å². The monoisotopic (exact) mass is 484 g/mol. The van der Waals surface area contributed by atoms with Gasteiger partial charge in [0.1, 0.15) is 11.5 Å². The molecule has 0 aliphatic heterocycles. The Kier molecular flexibility index (Phi) is 8.10. The summed E-state index contributed by atoms with van der Waals surface area (Å²) in [5, 5.41) is 19.7. The van der Waals surface area contributed by atoms with Gasteiger partial charge in [-0.15, -0.1) is 10.2 Å². The summed E-state index contributed by atoms with van der Waals surface area (Å²) < 4.78 is 12.6. The van der Waals surface area contributed by atoms with E-state index in [2.05, 4.69) is 30.6 Å². The van der Waals surface area contributed by atoms with Gasteiger partial charge in [0.15, 0.2) is 16.8 Å². The van der Waals surface area contributed by atoms with Crippen LogP contribution in [0.1, 0.15) is 63.1 Å². The SMILES string of the molecule is CC[C@H](Sc1nnc(CNc2cccc(OC)c2)n1C1CCCCC1)C(=O)Nc1cc(C)on1. The second kappa shape index (κ2) is 11.4. The van der Waals surface area contributed by atoms with Crippen molar-refractivity contribution in [1.29, 1.82) is 0 Å². The number of benzene rings is 1. The van der Waals surface area contributed by atoms with Gasteiger partial charge in [-0.3, -0.25) is 4.79 Å². The van der Waals surface area contributed by atoms with E-state index in [9.17, 15) is 4.79 Å². The Morgan fingerprint density at radius 3 is 2.79 bits per heavy atom. The molecule has 0 spiro atoms. The minimum absolute atomic E-state index is 0.116. The average molecular weight is 485 g/mol. The first-order valence-electron chi connectivity index (χ1n) is 11.8. The zero-order valence-corrected chi connectivity index (χ0v) is 20.7. The summed E-state index contributed by atoms with van der Waals surface area (Å²) in [5.74, 6) is 2.64. The fraction of sp³-hybridized carbons (Fsp3) is 0.500. The lowest BCUT2D eigenvalue weighted by atomic mass is 9.95. The van der Waals surface area contributed by atoms with Crippen molar-refractivity contribution in [1.82, 2.24) is 19.9 Å². The van der Waals surface area contributed by atoms with Crippen LogP contribution < -0.4 is 15.4 Å². The molecule has 2 heterocycles. The predicted octanol–water partition coefficient (Wildman–Crippen LogP) is 5.21. The number of methoxy groups -OCH3 is 1. The molecule has 2 aromatic heterocycles. The van der Waals surface area contributed by atoms with Crippen LogP contribution in [-0.4, -0.2) is 38.2 Å². The first-order valence-corrected chi connectivity index (χ1v) is 12.7. The number of rotatable bonds is 10. The van der Waals surface area contributed by atoms with Gasteiger partial charge in [-0.1, -0.05) is 49.2 Å². The summed E-state index contributed by atoms with van der Waals surface area (Å²) in [4.78, 5) is 12.9. The Hall–Kier alpha value is -3.01. The number of hydrogen-bond acceptors (Lipinski definition) is 8. The van der Waals surface area contributed by atoms with E-state index in [1.54, 1.807) is 20.1 Å². The zero-order valence-electron chi connectivity index (χ0n) is 19.9. The number of carbonyl (C=O) groups excluding carboxylic acids is 1. The Morgan fingerprint density at radius 1 is 1.26 bits per heavy atom. The molecule has 2 N–H and O–H groups in total. The van der Waals surface area contributed by atoms with Crippen LogP contribution in [0.2, 0.25) is 0 Å². The molecular weight excluding hydrogens is 452 g/mol. The average Bonchev–Trinajstić information content (AvgIpc) is 3.46.